The van der Waals surface area contributed by atoms with E-state index in [9.17, 15) is 14.0 Å². The zero-order valence-electron chi connectivity index (χ0n) is 21.1. The number of H-pyrrole nitrogens is 1. The molecule has 6 nitrogen and oxygen atoms in total. The number of aldehydes is 1. The minimum atomic E-state index is -0.375. The van der Waals surface area contributed by atoms with Gasteiger partial charge in [-0.05, 0) is 57.5 Å². The molecule has 0 bridgehead atoms. The number of aromatic amines is 1. The summed E-state index contributed by atoms with van der Waals surface area (Å²) in [6, 6.07) is 13.7. The normalized spacial score (nSPS) is 11.1. The summed E-state index contributed by atoms with van der Waals surface area (Å²) in [5, 5.41) is 2.37. The van der Waals surface area contributed by atoms with Crippen molar-refractivity contribution in [3.63, 3.8) is 0 Å². The number of aromatic nitrogens is 3. The van der Waals surface area contributed by atoms with Crippen molar-refractivity contribution >= 4 is 29.3 Å². The van der Waals surface area contributed by atoms with Gasteiger partial charge in [0.25, 0.3) is 5.56 Å². The topological polar surface area (TPSA) is 77.0 Å². The summed E-state index contributed by atoms with van der Waals surface area (Å²) >= 11 is 0. The van der Waals surface area contributed by atoms with Crippen molar-refractivity contribution in [2.24, 2.45) is 7.05 Å². The predicted octanol–water partition coefficient (Wildman–Crippen LogP) is 4.63. The van der Waals surface area contributed by atoms with Crippen molar-refractivity contribution in [3.8, 4) is 24.1 Å². The Bertz CT molecular complexity index is 1560. The number of carbonyl (C=O) groups is 1. The van der Waals surface area contributed by atoms with Gasteiger partial charge in [0.2, 0.25) is 0 Å². The Balaban J connectivity index is 0.000000316. The summed E-state index contributed by atoms with van der Waals surface area (Å²) in [6.07, 6.45) is 9.69. The van der Waals surface area contributed by atoms with Crippen molar-refractivity contribution in [1.82, 2.24) is 14.5 Å². The molecule has 4 rings (SSSR count). The number of rotatable bonds is 4. The van der Waals surface area contributed by atoms with Gasteiger partial charge in [-0.3, -0.25) is 14.6 Å². The highest BCUT2D eigenvalue weighted by molar-refractivity contribution is 5.82. The van der Waals surface area contributed by atoms with E-state index in [1.54, 1.807) is 19.1 Å². The average Bonchev–Trinajstić information content (AvgIpc) is 3.13. The molecular weight excluding hydrogens is 457 g/mol. The highest BCUT2D eigenvalue weighted by Crippen LogP contribution is 2.25. The molecule has 0 aliphatic carbocycles. The fourth-order valence-corrected chi connectivity index (χ4v) is 3.36. The average molecular weight is 488 g/mol. The third kappa shape index (κ3) is 7.28. The lowest BCUT2D eigenvalue weighted by atomic mass is 10.2. The van der Waals surface area contributed by atoms with Gasteiger partial charge in [-0.1, -0.05) is 31.2 Å². The van der Waals surface area contributed by atoms with Crippen LogP contribution in [0.4, 0.5) is 4.39 Å². The molecule has 0 radical (unpaired) electrons. The summed E-state index contributed by atoms with van der Waals surface area (Å²) in [4.78, 5) is 29.3. The van der Waals surface area contributed by atoms with Crippen molar-refractivity contribution in [2.45, 2.75) is 34.1 Å². The van der Waals surface area contributed by atoms with Crippen molar-refractivity contribution < 1.29 is 13.9 Å². The Morgan fingerprint density at radius 1 is 1.22 bits per heavy atom. The van der Waals surface area contributed by atoms with E-state index in [4.69, 9.17) is 4.74 Å². The van der Waals surface area contributed by atoms with Crippen LogP contribution in [0.25, 0.3) is 23.1 Å². The van der Waals surface area contributed by atoms with Gasteiger partial charge in [-0.2, -0.15) is 4.98 Å². The summed E-state index contributed by atoms with van der Waals surface area (Å²) in [6.45, 7) is 7.55. The molecule has 2 aromatic carbocycles. The smallest absolute Gasteiger partial charge is 0.302 e. The van der Waals surface area contributed by atoms with Crippen LogP contribution in [0.3, 0.4) is 0 Å². The summed E-state index contributed by atoms with van der Waals surface area (Å²) in [5.41, 5.74) is 2.43. The lowest BCUT2D eigenvalue weighted by molar-refractivity contribution is 0.112. The van der Waals surface area contributed by atoms with Crippen molar-refractivity contribution in [2.75, 3.05) is 0 Å². The fraction of sp³-hybridized carbons (Fsp3) is 0.207. The first-order chi connectivity index (χ1) is 17.3. The van der Waals surface area contributed by atoms with E-state index >= 15 is 0 Å². The maximum atomic E-state index is 12.2. The summed E-state index contributed by atoms with van der Waals surface area (Å²) in [7, 11) is 2.02. The predicted molar refractivity (Wildman–Crippen MR) is 143 cm³/mol. The lowest BCUT2D eigenvalue weighted by Gasteiger charge is -2.06. The van der Waals surface area contributed by atoms with Crippen LogP contribution in [-0.4, -0.2) is 20.8 Å². The standard InChI is InChI=1S/C19H21N3O2.C7H5FO.C3H4/c1-5-7-16-15(6-2)18(23)21-19(20-16)24-14-9-8-13-10-12(3)22(4)17(13)11-14;8-7-3-1-2-6(4-7)5-9;1-3-2/h6-11H,5H2,1-4H3,(H,20,21,23);1-5H;1H,2H3/b15-6+,16-7+;;. The molecule has 0 saturated heterocycles. The molecule has 2 heterocycles. The lowest BCUT2D eigenvalue weighted by Crippen LogP contribution is -2.42. The molecule has 7 heteroatoms. The van der Waals surface area contributed by atoms with E-state index in [0.717, 1.165) is 17.3 Å². The number of hydrogen-bond acceptors (Lipinski definition) is 4. The molecular formula is C29H30FN3O3. The molecule has 0 fully saturated rings. The molecule has 0 unspecified atom stereocenters. The zero-order chi connectivity index (χ0) is 26.7. The number of terminal acetylenes is 1. The molecule has 2 aromatic heterocycles. The second-order valence-corrected chi connectivity index (χ2v) is 7.70. The molecule has 0 aliphatic heterocycles. The Morgan fingerprint density at radius 3 is 2.53 bits per heavy atom. The number of carbonyl (C=O) groups excluding carboxylic acids is 1. The van der Waals surface area contributed by atoms with Crippen LogP contribution in [0, 0.1) is 25.1 Å². The highest BCUT2D eigenvalue weighted by Gasteiger charge is 2.07. The minimum absolute atomic E-state index is 0.196. The number of halogens is 1. The van der Waals surface area contributed by atoms with Crippen LogP contribution < -0.4 is 20.9 Å². The van der Waals surface area contributed by atoms with E-state index < -0.39 is 0 Å². The Labute approximate surface area is 209 Å². The van der Waals surface area contributed by atoms with Gasteiger partial charge in [-0.15, -0.1) is 12.3 Å². The first kappa shape index (κ1) is 27.8. The van der Waals surface area contributed by atoms with Gasteiger partial charge in [0.05, 0.1) is 16.1 Å². The Hall–Kier alpha value is -4.44. The van der Waals surface area contributed by atoms with Crippen LogP contribution in [0.15, 0.2) is 53.3 Å². The number of nitrogens with one attached hydrogen (secondary N) is 1. The van der Waals surface area contributed by atoms with Crippen LogP contribution >= 0.6 is 0 Å². The largest absolute Gasteiger partial charge is 0.425 e. The maximum Gasteiger partial charge on any atom is 0.302 e. The third-order valence-electron chi connectivity index (χ3n) is 5.11. The number of hydrogen-bond donors (Lipinski definition) is 1. The molecule has 0 spiro atoms. The number of ether oxygens (including phenoxy) is 1. The van der Waals surface area contributed by atoms with Gasteiger partial charge in [-0.25, -0.2) is 4.39 Å². The van der Waals surface area contributed by atoms with Gasteiger partial charge in [0, 0.05) is 29.8 Å². The molecule has 186 valence electrons. The van der Waals surface area contributed by atoms with Crippen LogP contribution in [0.5, 0.6) is 11.8 Å². The van der Waals surface area contributed by atoms with Crippen LogP contribution in [-0.2, 0) is 7.05 Å². The Morgan fingerprint density at radius 2 is 1.94 bits per heavy atom. The first-order valence-corrected chi connectivity index (χ1v) is 11.4. The van der Waals surface area contributed by atoms with Crippen LogP contribution in [0.1, 0.15) is 43.2 Å². The van der Waals surface area contributed by atoms with E-state index in [2.05, 4.69) is 39.9 Å². The number of benzene rings is 2. The SMILES string of the molecule is C#CC.C/C=c1/c(=O)[nH]c(Oc2ccc3cc(C)n(C)c3c2)n/c1=C/CC.O=Cc1cccc(F)c1. The highest BCUT2D eigenvalue weighted by atomic mass is 19.1. The quantitative estimate of drug-likeness (QED) is 0.336. The molecule has 4 aromatic rings. The van der Waals surface area contributed by atoms with E-state index in [1.165, 1.54) is 23.9 Å². The molecule has 36 heavy (non-hydrogen) atoms. The first-order valence-electron chi connectivity index (χ1n) is 11.4. The molecule has 1 N–H and O–H groups in total. The number of nitrogens with zero attached hydrogens (tertiary/aromatic N) is 2. The van der Waals surface area contributed by atoms with Gasteiger partial charge in [0.1, 0.15) is 17.9 Å². The van der Waals surface area contributed by atoms with E-state index in [0.29, 0.717) is 28.2 Å². The Kier molecular flexibility index (Phi) is 10.4. The minimum Gasteiger partial charge on any atom is -0.425 e. The zero-order valence-corrected chi connectivity index (χ0v) is 21.1. The van der Waals surface area contributed by atoms with Crippen LogP contribution in [0.2, 0.25) is 0 Å². The van der Waals surface area contributed by atoms with E-state index in [-0.39, 0.29) is 17.4 Å². The second kappa shape index (κ2) is 13.4. The second-order valence-electron chi connectivity index (χ2n) is 7.70. The number of fused-ring (bicyclic) bond motifs is 1. The fourth-order valence-electron chi connectivity index (χ4n) is 3.36. The summed E-state index contributed by atoms with van der Waals surface area (Å²) < 4.78 is 20.1. The van der Waals surface area contributed by atoms with E-state index in [1.807, 2.05) is 45.2 Å². The van der Waals surface area contributed by atoms with Gasteiger partial charge in [0.15, 0.2) is 0 Å². The van der Waals surface area contributed by atoms with Gasteiger partial charge >= 0.3 is 6.01 Å². The molecule has 0 saturated carbocycles. The maximum absolute atomic E-state index is 12.2. The third-order valence-corrected chi connectivity index (χ3v) is 5.11. The monoisotopic (exact) mass is 487 g/mol. The van der Waals surface area contributed by atoms with Crippen molar-refractivity contribution in [3.05, 3.63) is 86.5 Å². The molecule has 0 atom stereocenters. The number of aryl methyl sites for hydroxylation is 2. The molecule has 0 aliphatic rings. The van der Waals surface area contributed by atoms with Gasteiger partial charge < -0.3 is 9.30 Å². The summed E-state index contributed by atoms with van der Waals surface area (Å²) in [5.74, 6) is 2.52. The molecule has 0 amide bonds. The van der Waals surface area contributed by atoms with Crippen molar-refractivity contribution in [1.29, 1.82) is 0 Å².